The number of hydrogen-bond acceptors (Lipinski definition) is 6. The van der Waals surface area contributed by atoms with Gasteiger partial charge in [0.25, 0.3) is 0 Å². The van der Waals surface area contributed by atoms with E-state index in [1.165, 1.54) is 6.42 Å². The molecule has 1 fully saturated rings. The predicted octanol–water partition coefficient (Wildman–Crippen LogP) is 0.140. The summed E-state index contributed by atoms with van der Waals surface area (Å²) in [7, 11) is 4.24. The highest BCUT2D eigenvalue weighted by Gasteiger charge is 2.17. The highest BCUT2D eigenvalue weighted by molar-refractivity contribution is 5.29. The first kappa shape index (κ1) is 16.1. The molecule has 6 nitrogen and oxygen atoms in total. The van der Waals surface area contributed by atoms with Gasteiger partial charge in [0.1, 0.15) is 0 Å². The van der Waals surface area contributed by atoms with Crippen molar-refractivity contribution < 1.29 is 0 Å². The average molecular weight is 292 g/mol. The molecule has 0 spiro atoms. The van der Waals surface area contributed by atoms with E-state index in [4.69, 9.17) is 0 Å². The van der Waals surface area contributed by atoms with Crippen LogP contribution in [0, 0.1) is 0 Å². The zero-order valence-corrected chi connectivity index (χ0v) is 13.3. The van der Waals surface area contributed by atoms with Crippen LogP contribution in [0.2, 0.25) is 0 Å². The maximum absolute atomic E-state index is 4.32. The number of hydrogen-bond donors (Lipinski definition) is 1. The molecule has 6 heteroatoms. The largest absolute Gasteiger partial charge is 0.338 e. The summed E-state index contributed by atoms with van der Waals surface area (Å²) in [6, 6.07) is 1.86. The Hall–Kier alpha value is -1.24. The minimum Gasteiger partial charge on any atom is -0.338 e. The maximum atomic E-state index is 4.32. The van der Waals surface area contributed by atoms with E-state index in [0.29, 0.717) is 0 Å². The van der Waals surface area contributed by atoms with Gasteiger partial charge in [0.15, 0.2) is 0 Å². The fourth-order valence-corrected chi connectivity index (χ4v) is 2.51. The highest BCUT2D eigenvalue weighted by atomic mass is 15.3. The Morgan fingerprint density at radius 1 is 1.10 bits per heavy atom. The zero-order valence-electron chi connectivity index (χ0n) is 13.3. The van der Waals surface area contributed by atoms with Crippen LogP contribution in [-0.2, 0) is 0 Å². The zero-order chi connectivity index (χ0) is 14.9. The molecule has 1 aromatic heterocycles. The molecular formula is C15H28N6. The molecule has 1 aromatic rings. The summed E-state index contributed by atoms with van der Waals surface area (Å²) >= 11 is 0. The second-order valence-electron chi connectivity index (χ2n) is 5.78. The molecule has 1 aliphatic heterocycles. The van der Waals surface area contributed by atoms with Crippen molar-refractivity contribution in [3.63, 3.8) is 0 Å². The molecule has 1 aliphatic rings. The van der Waals surface area contributed by atoms with Gasteiger partial charge in [0.05, 0.1) is 0 Å². The lowest BCUT2D eigenvalue weighted by Crippen LogP contribution is -2.48. The van der Waals surface area contributed by atoms with Crippen molar-refractivity contribution in [1.29, 1.82) is 0 Å². The summed E-state index contributed by atoms with van der Waals surface area (Å²) in [6.45, 7) is 8.70. The predicted molar refractivity (Wildman–Crippen MR) is 86.7 cm³/mol. The number of nitrogens with zero attached hydrogens (tertiary/aromatic N) is 5. The van der Waals surface area contributed by atoms with Crippen molar-refractivity contribution in [2.75, 3.05) is 71.4 Å². The molecule has 21 heavy (non-hydrogen) atoms. The van der Waals surface area contributed by atoms with Gasteiger partial charge in [-0.2, -0.15) is 0 Å². The fraction of sp³-hybridized carbons (Fsp3) is 0.733. The van der Waals surface area contributed by atoms with E-state index < -0.39 is 0 Å². The third-order valence-electron chi connectivity index (χ3n) is 3.77. The minimum absolute atomic E-state index is 0.860. The van der Waals surface area contributed by atoms with Crippen LogP contribution in [0.25, 0.3) is 0 Å². The van der Waals surface area contributed by atoms with Crippen molar-refractivity contribution in [3.8, 4) is 0 Å². The highest BCUT2D eigenvalue weighted by Crippen LogP contribution is 2.08. The molecule has 0 bridgehead atoms. The van der Waals surface area contributed by atoms with E-state index in [-0.39, 0.29) is 0 Å². The van der Waals surface area contributed by atoms with Gasteiger partial charge < -0.3 is 15.1 Å². The van der Waals surface area contributed by atoms with Crippen LogP contribution in [-0.4, -0.2) is 86.2 Å². The molecular weight excluding hydrogens is 264 g/mol. The van der Waals surface area contributed by atoms with Gasteiger partial charge in [-0.3, -0.25) is 4.90 Å². The summed E-state index contributed by atoms with van der Waals surface area (Å²) < 4.78 is 0. The van der Waals surface area contributed by atoms with Crippen LogP contribution in [0.4, 0.5) is 5.95 Å². The van der Waals surface area contributed by atoms with Gasteiger partial charge >= 0.3 is 0 Å². The number of anilines is 1. The molecule has 0 radical (unpaired) electrons. The molecule has 1 saturated heterocycles. The van der Waals surface area contributed by atoms with Crippen LogP contribution in [0.15, 0.2) is 18.5 Å². The van der Waals surface area contributed by atoms with E-state index >= 15 is 0 Å². The van der Waals surface area contributed by atoms with Gasteiger partial charge in [0, 0.05) is 51.7 Å². The maximum Gasteiger partial charge on any atom is 0.225 e. The standard InChI is InChI=1S/C15H28N6/c1-19(2)9-4-5-16-8-10-20-11-13-21(14-12-20)15-17-6-3-7-18-15/h3,6-7,16H,4-5,8-14H2,1-2H3. The Balaban J connectivity index is 1.55. The van der Waals surface area contributed by atoms with Crippen LogP contribution in [0.3, 0.4) is 0 Å². The van der Waals surface area contributed by atoms with E-state index in [1.54, 1.807) is 0 Å². The van der Waals surface area contributed by atoms with Crippen molar-refractivity contribution in [2.45, 2.75) is 6.42 Å². The number of rotatable bonds is 8. The molecule has 2 heterocycles. The van der Waals surface area contributed by atoms with E-state index in [9.17, 15) is 0 Å². The lowest BCUT2D eigenvalue weighted by Gasteiger charge is -2.34. The number of nitrogens with one attached hydrogen (secondary N) is 1. The Labute approximate surface area is 128 Å². The van der Waals surface area contributed by atoms with E-state index in [0.717, 1.165) is 58.3 Å². The summed E-state index contributed by atoms with van der Waals surface area (Å²) in [5.41, 5.74) is 0. The summed E-state index contributed by atoms with van der Waals surface area (Å²) in [5.74, 6) is 0.860. The first-order valence-corrected chi connectivity index (χ1v) is 7.85. The lowest BCUT2D eigenvalue weighted by molar-refractivity contribution is 0.256. The van der Waals surface area contributed by atoms with Gasteiger partial charge in [-0.15, -0.1) is 0 Å². The topological polar surface area (TPSA) is 47.5 Å². The molecule has 0 aliphatic carbocycles. The fourth-order valence-electron chi connectivity index (χ4n) is 2.51. The smallest absolute Gasteiger partial charge is 0.225 e. The Kier molecular flexibility index (Phi) is 6.85. The molecule has 1 N–H and O–H groups in total. The lowest BCUT2D eigenvalue weighted by atomic mass is 10.3. The first-order chi connectivity index (χ1) is 10.3. The monoisotopic (exact) mass is 292 g/mol. The molecule has 0 amide bonds. The molecule has 0 unspecified atom stereocenters. The van der Waals surface area contributed by atoms with Crippen LogP contribution in [0.5, 0.6) is 0 Å². The summed E-state index contributed by atoms with van der Waals surface area (Å²) in [5, 5.41) is 3.52. The summed E-state index contributed by atoms with van der Waals surface area (Å²) in [6.07, 6.45) is 4.84. The van der Waals surface area contributed by atoms with E-state index in [1.807, 2.05) is 18.5 Å². The van der Waals surface area contributed by atoms with E-state index in [2.05, 4.69) is 44.1 Å². The third-order valence-corrected chi connectivity index (χ3v) is 3.77. The molecule has 0 aromatic carbocycles. The van der Waals surface area contributed by atoms with Gasteiger partial charge in [-0.1, -0.05) is 0 Å². The number of aromatic nitrogens is 2. The van der Waals surface area contributed by atoms with Gasteiger partial charge in [-0.25, -0.2) is 9.97 Å². The second-order valence-corrected chi connectivity index (χ2v) is 5.78. The molecule has 0 atom stereocenters. The quantitative estimate of drug-likeness (QED) is 0.688. The Morgan fingerprint density at radius 2 is 1.81 bits per heavy atom. The molecule has 0 saturated carbocycles. The van der Waals surface area contributed by atoms with Crippen LogP contribution < -0.4 is 10.2 Å². The Bertz CT molecular complexity index is 375. The van der Waals surface area contributed by atoms with Crippen molar-refractivity contribution >= 4 is 5.95 Å². The molecule has 2 rings (SSSR count). The first-order valence-electron chi connectivity index (χ1n) is 7.85. The average Bonchev–Trinajstić information content (AvgIpc) is 2.52. The van der Waals surface area contributed by atoms with Gasteiger partial charge in [-0.05, 0) is 39.7 Å². The van der Waals surface area contributed by atoms with Crippen molar-refractivity contribution in [3.05, 3.63) is 18.5 Å². The SMILES string of the molecule is CN(C)CCCNCCN1CCN(c2ncccn2)CC1. The van der Waals surface area contributed by atoms with Crippen LogP contribution >= 0.6 is 0 Å². The number of piperazine rings is 1. The van der Waals surface area contributed by atoms with Crippen LogP contribution in [0.1, 0.15) is 6.42 Å². The Morgan fingerprint density at radius 3 is 2.48 bits per heavy atom. The van der Waals surface area contributed by atoms with Crippen molar-refractivity contribution in [1.82, 2.24) is 25.1 Å². The third kappa shape index (κ3) is 5.95. The van der Waals surface area contributed by atoms with Gasteiger partial charge in [0.2, 0.25) is 5.95 Å². The minimum atomic E-state index is 0.860. The van der Waals surface area contributed by atoms with Crippen molar-refractivity contribution in [2.24, 2.45) is 0 Å². The second kappa shape index (κ2) is 8.92. The normalized spacial score (nSPS) is 16.6. The molecule has 118 valence electrons. The summed E-state index contributed by atoms with van der Waals surface area (Å²) in [4.78, 5) is 15.6.